The van der Waals surface area contributed by atoms with Crippen molar-refractivity contribution < 1.29 is 4.39 Å². The lowest BCUT2D eigenvalue weighted by molar-refractivity contribution is 0.475. The Morgan fingerprint density at radius 1 is 1.67 bits per heavy atom. The molecule has 2 heterocycles. The lowest BCUT2D eigenvalue weighted by Crippen LogP contribution is -2.49. The Labute approximate surface area is 93.2 Å². The highest BCUT2D eigenvalue weighted by Crippen LogP contribution is 2.20. The number of hydrogen-bond donors (Lipinski definition) is 1. The van der Waals surface area contributed by atoms with Gasteiger partial charge >= 0.3 is 0 Å². The molecule has 0 spiro atoms. The molecule has 0 bridgehead atoms. The third-order valence-electron chi connectivity index (χ3n) is 2.46. The number of halogens is 2. The molecule has 1 atom stereocenters. The number of aromatic nitrogens is 1. The van der Waals surface area contributed by atoms with Gasteiger partial charge in [-0.05, 0) is 13.0 Å². The third-order valence-corrected chi connectivity index (χ3v) is 2.66. The Kier molecular flexibility index (Phi) is 3.07. The van der Waals surface area contributed by atoms with E-state index in [1.165, 1.54) is 12.3 Å². The predicted molar refractivity (Wildman–Crippen MR) is 58.9 cm³/mol. The predicted octanol–water partition coefficient (Wildman–Crippen LogP) is 1.67. The minimum Gasteiger partial charge on any atom is -0.351 e. The highest BCUT2D eigenvalue weighted by Gasteiger charge is 2.19. The summed E-state index contributed by atoms with van der Waals surface area (Å²) in [5, 5.41) is 3.63. The van der Waals surface area contributed by atoms with Crippen LogP contribution in [0, 0.1) is 5.82 Å². The molecule has 1 aliphatic heterocycles. The van der Waals surface area contributed by atoms with Crippen LogP contribution in [-0.2, 0) is 0 Å². The fourth-order valence-corrected chi connectivity index (χ4v) is 1.91. The molecule has 15 heavy (non-hydrogen) atoms. The molecule has 1 fully saturated rings. The van der Waals surface area contributed by atoms with E-state index in [0.717, 1.165) is 19.6 Å². The summed E-state index contributed by atoms with van der Waals surface area (Å²) >= 11 is 5.65. The van der Waals surface area contributed by atoms with Gasteiger partial charge in [-0.3, -0.25) is 0 Å². The maximum Gasteiger partial charge on any atom is 0.167 e. The molecule has 1 aliphatic rings. The number of nitrogens with zero attached hydrogens (tertiary/aromatic N) is 2. The van der Waals surface area contributed by atoms with Crippen LogP contribution < -0.4 is 10.2 Å². The van der Waals surface area contributed by atoms with Crippen molar-refractivity contribution in [3.63, 3.8) is 0 Å². The van der Waals surface area contributed by atoms with Crippen LogP contribution in [0.2, 0.25) is 5.02 Å². The second-order valence-corrected chi connectivity index (χ2v) is 4.20. The van der Waals surface area contributed by atoms with E-state index >= 15 is 0 Å². The number of nitrogens with one attached hydrogen (secondary N) is 1. The monoisotopic (exact) mass is 229 g/mol. The summed E-state index contributed by atoms with van der Waals surface area (Å²) in [4.78, 5) is 5.96. The van der Waals surface area contributed by atoms with Gasteiger partial charge < -0.3 is 10.2 Å². The maximum atomic E-state index is 13.6. The molecule has 0 radical (unpaired) electrons. The molecule has 1 saturated heterocycles. The van der Waals surface area contributed by atoms with Gasteiger partial charge in [-0.25, -0.2) is 9.37 Å². The number of hydrogen-bond acceptors (Lipinski definition) is 3. The average molecular weight is 230 g/mol. The summed E-state index contributed by atoms with van der Waals surface area (Å²) < 4.78 is 13.6. The summed E-state index contributed by atoms with van der Waals surface area (Å²) in [5.74, 6) is 0.0457. The van der Waals surface area contributed by atoms with Gasteiger partial charge in [-0.2, -0.15) is 0 Å². The lowest BCUT2D eigenvalue weighted by atomic mass is 10.2. The van der Waals surface area contributed by atoms with Crippen LogP contribution in [0.4, 0.5) is 10.2 Å². The Morgan fingerprint density at radius 2 is 2.47 bits per heavy atom. The van der Waals surface area contributed by atoms with E-state index in [1.807, 2.05) is 4.90 Å². The Morgan fingerprint density at radius 3 is 3.13 bits per heavy atom. The van der Waals surface area contributed by atoms with Gasteiger partial charge in [0.15, 0.2) is 11.6 Å². The first-order chi connectivity index (χ1) is 7.16. The van der Waals surface area contributed by atoms with Crippen molar-refractivity contribution in [2.24, 2.45) is 0 Å². The normalized spacial score (nSPS) is 21.8. The number of piperazine rings is 1. The summed E-state index contributed by atoms with van der Waals surface area (Å²) in [6.07, 6.45) is 1.48. The highest BCUT2D eigenvalue weighted by atomic mass is 35.5. The van der Waals surface area contributed by atoms with E-state index in [0.29, 0.717) is 16.9 Å². The zero-order chi connectivity index (χ0) is 10.8. The Balaban J connectivity index is 2.21. The third kappa shape index (κ3) is 2.38. The Bertz CT molecular complexity index is 359. The lowest BCUT2D eigenvalue weighted by Gasteiger charge is -2.32. The number of rotatable bonds is 1. The van der Waals surface area contributed by atoms with Crippen molar-refractivity contribution in [3.8, 4) is 0 Å². The highest BCUT2D eigenvalue weighted by molar-refractivity contribution is 6.30. The maximum absolute atomic E-state index is 13.6. The van der Waals surface area contributed by atoms with E-state index in [9.17, 15) is 4.39 Å². The smallest absolute Gasteiger partial charge is 0.167 e. The summed E-state index contributed by atoms with van der Waals surface area (Å²) in [6, 6.07) is 1.66. The summed E-state index contributed by atoms with van der Waals surface area (Å²) in [7, 11) is 0. The van der Waals surface area contributed by atoms with E-state index in [-0.39, 0.29) is 5.82 Å². The summed E-state index contributed by atoms with van der Waals surface area (Å²) in [5.41, 5.74) is 0. The molecule has 0 aromatic carbocycles. The van der Waals surface area contributed by atoms with E-state index in [1.54, 1.807) is 0 Å². The van der Waals surface area contributed by atoms with Crippen molar-refractivity contribution in [2.45, 2.75) is 13.0 Å². The second-order valence-electron chi connectivity index (χ2n) is 3.76. The summed E-state index contributed by atoms with van der Waals surface area (Å²) in [6.45, 7) is 4.46. The first-order valence-electron chi connectivity index (χ1n) is 4.96. The molecule has 0 unspecified atom stereocenters. The molecule has 1 aromatic heterocycles. The van der Waals surface area contributed by atoms with Crippen molar-refractivity contribution in [3.05, 3.63) is 23.1 Å². The van der Waals surface area contributed by atoms with Crippen molar-refractivity contribution in [2.75, 3.05) is 24.5 Å². The second kappa shape index (κ2) is 4.33. The largest absolute Gasteiger partial charge is 0.351 e. The number of anilines is 1. The Hall–Kier alpha value is -0.870. The molecule has 3 nitrogen and oxygen atoms in total. The average Bonchev–Trinajstić information content (AvgIpc) is 2.17. The van der Waals surface area contributed by atoms with Crippen LogP contribution in [0.25, 0.3) is 0 Å². The van der Waals surface area contributed by atoms with Gasteiger partial charge in [0.05, 0.1) is 5.02 Å². The van der Waals surface area contributed by atoms with Crippen LogP contribution in [0.3, 0.4) is 0 Å². The van der Waals surface area contributed by atoms with Gasteiger partial charge in [-0.15, -0.1) is 0 Å². The van der Waals surface area contributed by atoms with Gasteiger partial charge in [0.25, 0.3) is 0 Å². The van der Waals surface area contributed by atoms with Crippen LogP contribution in [0.1, 0.15) is 6.92 Å². The first-order valence-corrected chi connectivity index (χ1v) is 5.34. The molecule has 0 amide bonds. The van der Waals surface area contributed by atoms with E-state index in [4.69, 9.17) is 11.6 Å². The van der Waals surface area contributed by atoms with Crippen molar-refractivity contribution >= 4 is 17.4 Å². The number of pyridine rings is 1. The van der Waals surface area contributed by atoms with Gasteiger partial charge in [-0.1, -0.05) is 11.6 Å². The van der Waals surface area contributed by atoms with E-state index < -0.39 is 0 Å². The molecule has 0 saturated carbocycles. The van der Waals surface area contributed by atoms with Gasteiger partial charge in [0, 0.05) is 31.9 Å². The molecule has 82 valence electrons. The van der Waals surface area contributed by atoms with E-state index in [2.05, 4.69) is 17.2 Å². The minimum absolute atomic E-state index is 0.333. The zero-order valence-electron chi connectivity index (χ0n) is 8.50. The molecule has 2 rings (SSSR count). The first kappa shape index (κ1) is 10.6. The molecule has 0 aliphatic carbocycles. The fourth-order valence-electron chi connectivity index (χ4n) is 1.76. The minimum atomic E-state index is -0.350. The van der Waals surface area contributed by atoms with Crippen molar-refractivity contribution in [1.82, 2.24) is 10.3 Å². The van der Waals surface area contributed by atoms with Crippen LogP contribution in [-0.4, -0.2) is 30.7 Å². The van der Waals surface area contributed by atoms with Crippen LogP contribution >= 0.6 is 11.6 Å². The molecule has 1 aromatic rings. The molecule has 1 N–H and O–H groups in total. The standard InChI is InChI=1S/C10H13ClFN3/c1-7-6-15(3-2-13-7)10-9(12)4-8(11)5-14-10/h4-5,7,13H,2-3,6H2,1H3/t7-/m0/s1. The van der Waals surface area contributed by atoms with Gasteiger partial charge in [0.2, 0.25) is 0 Å². The molecular weight excluding hydrogens is 217 g/mol. The van der Waals surface area contributed by atoms with Crippen LogP contribution in [0.15, 0.2) is 12.3 Å². The SMILES string of the molecule is C[C@H]1CN(c2ncc(Cl)cc2F)CCN1. The van der Waals surface area contributed by atoms with Gasteiger partial charge in [0.1, 0.15) is 0 Å². The zero-order valence-corrected chi connectivity index (χ0v) is 9.26. The molecule has 5 heteroatoms. The van der Waals surface area contributed by atoms with Crippen LogP contribution in [0.5, 0.6) is 0 Å². The fraction of sp³-hybridized carbons (Fsp3) is 0.500. The topological polar surface area (TPSA) is 28.2 Å². The quantitative estimate of drug-likeness (QED) is 0.794. The van der Waals surface area contributed by atoms with Crippen molar-refractivity contribution in [1.29, 1.82) is 0 Å². The molecular formula is C10H13ClFN3.